The minimum absolute atomic E-state index is 0. The van der Waals surface area contributed by atoms with Crippen molar-refractivity contribution in [3.05, 3.63) is 464 Å². The maximum absolute atomic E-state index is 10.1. The van der Waals surface area contributed by atoms with Gasteiger partial charge >= 0.3 is 418 Å². The van der Waals surface area contributed by atoms with Crippen LogP contribution in [0.25, 0.3) is 50.8 Å². The molecule has 22 heteroatoms. The van der Waals surface area contributed by atoms with E-state index in [0.717, 1.165) is 89.5 Å². The third-order valence-corrected chi connectivity index (χ3v) is 42.6. The molecule has 22 rings (SSSR count). The number of aromatic nitrogens is 4. The monoisotopic (exact) mass is 2980 g/mol. The van der Waals surface area contributed by atoms with E-state index in [1.54, 1.807) is 32.1 Å². The molecule has 0 bridgehead atoms. The Morgan fingerprint density at radius 1 is 0.387 bits per heavy atom. The zero-order valence-corrected chi connectivity index (χ0v) is 103. The van der Waals surface area contributed by atoms with Crippen molar-refractivity contribution in [1.82, 2.24) is 19.9 Å². The summed E-state index contributed by atoms with van der Waals surface area (Å²) in [6.45, 7) is 15.5. The average Bonchev–Trinajstić information content (AvgIpc) is 0.695. The number of ether oxygens (including phenoxy) is 1. The summed E-state index contributed by atoms with van der Waals surface area (Å²) in [5.74, 6) is 3.35. The second-order valence-electron chi connectivity index (χ2n) is 37.2. The second kappa shape index (κ2) is 59.4. The standard InChI is InChI=1S/C29H20NOSi.C22H20NSe.C20H16NSe.C17H10NSe2.C15H26O2.C15H14O2.2C5H10O2.4Ir/c1-3-12-22(13-4-1)32(23-14-5-2-6-15-23)27-19-8-7-18-26(27)31-29-24(16-11-20-28(29)32)25-17-9-10-21-30-25;1-3-22(4-2)17-11-5-6-13-19(17)24-20-14-9-10-16(21(20)22)18-12-7-8-15-23-18;1-20(2)15-9-3-4-11-17(15)22-18-12-7-8-14(19(18)20)16-10-5-6-13-21-16;1-2-9-15-14(8-1)19-16-10-5-6-12(17(16)20-15)13-7-3-4-11-18-13;2*16-14(12-7-3-1-4-8-12)11-15(17)13-9-5-2-6-10-13;2*1-4(6)3-5(2)7;;;;/h1-15,17-21H;5-9,11-15H,3-4H2,1-2H3;3-7,9-13H,1-2H3;1-5,7-11H;11-14,16-17H,1-10H2;1-11,14,16-17H;2*3-4,6-7H,1-2H3;;;;/q4*-1;;;;;;;;. The first-order chi connectivity index (χ1) is 71.1. The molecular weight excluding hydrogens is 2850 g/mol. The van der Waals surface area contributed by atoms with E-state index >= 15 is 0 Å². The molecule has 4 radical (unpaired) electrons. The predicted molar refractivity (Wildman–Crippen MR) is 605 cm³/mol. The number of rotatable bonds is 16. The third-order valence-electron chi connectivity index (χ3n) is 26.8. The summed E-state index contributed by atoms with van der Waals surface area (Å²) in [5.41, 5.74) is 15.7. The second-order valence-corrected chi connectivity index (χ2v) is 50.0. The van der Waals surface area contributed by atoms with Gasteiger partial charge in [-0.3, -0.25) is 0 Å². The molecule has 2 aliphatic carbocycles. The number of para-hydroxylation sites is 1. The molecule has 780 valence electrons. The van der Waals surface area contributed by atoms with Crippen LogP contribution >= 0.6 is 0 Å². The quantitative estimate of drug-likeness (QED) is 0.0257. The van der Waals surface area contributed by atoms with Crippen molar-refractivity contribution in [2.45, 2.75) is 168 Å². The third kappa shape index (κ3) is 30.3. The van der Waals surface area contributed by atoms with E-state index in [1.165, 1.54) is 160 Å². The molecule has 12 aromatic carbocycles. The van der Waals surface area contributed by atoms with Crippen LogP contribution < -0.4 is 61.2 Å². The van der Waals surface area contributed by atoms with Gasteiger partial charge in [-0.05, 0) is 123 Å². The number of hydrogen-bond acceptors (Lipinski definition) is 13. The number of aliphatic hydroxyl groups is 8. The summed E-state index contributed by atoms with van der Waals surface area (Å²) in [5, 5.41) is 79.0. The van der Waals surface area contributed by atoms with Crippen LogP contribution in [0.1, 0.15) is 172 Å². The zero-order chi connectivity index (χ0) is 102. The predicted octanol–water partition coefficient (Wildman–Crippen LogP) is 19.6. The van der Waals surface area contributed by atoms with Crippen LogP contribution in [0.4, 0.5) is 0 Å². The molecule has 150 heavy (non-hydrogen) atoms. The van der Waals surface area contributed by atoms with E-state index < -0.39 is 32.5 Å². The normalized spacial score (nSPS) is 15.3. The molecule has 13 nitrogen and oxygen atoms in total. The Balaban J connectivity index is 0.000000167. The SMILES string of the molecule is CC(O)=CC(C)O.CC(O)=CC(C)O.CC1(C)c2ccccc2[Se]c2cc[c-]c(-c3ccccn3)c21.CCC1(CC)c2ccccc2[Se]c2cc[c-]c(-c3ccccn3)c21.OC(=CC(O)C1CCCCC1)C1CCCCC1.OC(=CC(O)c1ccccc1)c1ccccc1.[Ir].[Ir].[Ir].[Ir].[c-]1ccc2c(c1-c1ccccn1)Oc1ccccc1[Si]2(c1ccccc1)c1ccccc1.[c-]1ccc2c(c1-c1ccccn1)[Se]c1ccccc1[Se]2. The average molecular weight is 2980 g/mol. The van der Waals surface area contributed by atoms with E-state index in [0.29, 0.717) is 83.0 Å². The summed E-state index contributed by atoms with van der Waals surface area (Å²) in [7, 11) is -2.61. The zero-order valence-electron chi connectivity index (χ0n) is 85.1. The molecule has 0 spiro atoms. The van der Waals surface area contributed by atoms with E-state index in [1.807, 2.05) is 134 Å². The van der Waals surface area contributed by atoms with Crippen LogP contribution in [-0.2, 0) is 91.3 Å². The Kier molecular flexibility index (Phi) is 47.6. The van der Waals surface area contributed by atoms with Crippen LogP contribution in [0, 0.1) is 36.1 Å². The number of fused-ring (bicyclic) bond motifs is 8. The Morgan fingerprint density at radius 2 is 0.780 bits per heavy atom. The Morgan fingerprint density at radius 3 is 1.27 bits per heavy atom. The van der Waals surface area contributed by atoms with Crippen LogP contribution in [0.15, 0.2) is 406 Å². The van der Waals surface area contributed by atoms with Crippen molar-refractivity contribution in [3.8, 4) is 56.5 Å². The molecule has 4 aromatic heterocycles. The molecule has 2 saturated carbocycles. The Hall–Kier alpha value is -10.1. The summed E-state index contributed by atoms with van der Waals surface area (Å²) >= 11 is 1.46. The van der Waals surface area contributed by atoms with Crippen molar-refractivity contribution in [2.75, 3.05) is 0 Å². The van der Waals surface area contributed by atoms with Gasteiger partial charge in [0.2, 0.25) is 0 Å². The number of aliphatic hydroxyl groups excluding tert-OH is 8. The van der Waals surface area contributed by atoms with Crippen molar-refractivity contribution in [2.24, 2.45) is 11.8 Å². The van der Waals surface area contributed by atoms with Crippen LogP contribution in [0.5, 0.6) is 11.5 Å². The van der Waals surface area contributed by atoms with Gasteiger partial charge in [0.15, 0.2) is 8.07 Å². The fourth-order valence-electron chi connectivity index (χ4n) is 19.9. The summed E-state index contributed by atoms with van der Waals surface area (Å²) in [6, 6.07) is 131. The Labute approximate surface area is 965 Å². The number of hydrogen-bond donors (Lipinski definition) is 8. The molecule has 16 aromatic rings. The van der Waals surface area contributed by atoms with Gasteiger partial charge in [-0.2, -0.15) is 0 Å². The van der Waals surface area contributed by atoms with Crippen molar-refractivity contribution >= 4 is 130 Å². The fraction of sp³-hybridized carbons (Fsp3) is 0.219. The molecule has 6 aliphatic rings. The van der Waals surface area contributed by atoms with Crippen LogP contribution in [0.3, 0.4) is 0 Å². The number of benzene rings is 12. The number of allylic oxidation sites excluding steroid dienone is 3. The van der Waals surface area contributed by atoms with Crippen molar-refractivity contribution in [3.63, 3.8) is 0 Å². The summed E-state index contributed by atoms with van der Waals surface area (Å²) in [4.78, 5) is 18.3. The summed E-state index contributed by atoms with van der Waals surface area (Å²) < 4.78 is 18.6. The molecule has 8 N–H and O–H groups in total. The van der Waals surface area contributed by atoms with E-state index in [9.17, 15) is 20.4 Å². The van der Waals surface area contributed by atoms with Gasteiger partial charge in [0.1, 0.15) is 17.6 Å². The molecule has 0 amide bonds. The van der Waals surface area contributed by atoms with Gasteiger partial charge in [0.25, 0.3) is 0 Å². The molecule has 8 heterocycles. The number of nitrogens with zero attached hydrogens (tertiary/aromatic N) is 4. The van der Waals surface area contributed by atoms with E-state index in [-0.39, 0.29) is 109 Å². The van der Waals surface area contributed by atoms with Crippen LogP contribution in [-0.4, -0.2) is 147 Å². The minimum atomic E-state index is -2.61. The van der Waals surface area contributed by atoms with Crippen LogP contribution in [0.2, 0.25) is 0 Å². The van der Waals surface area contributed by atoms with E-state index in [4.69, 9.17) is 25.2 Å². The molecule has 4 unspecified atom stereocenters. The number of pyridine rings is 4. The van der Waals surface area contributed by atoms with Crippen molar-refractivity contribution < 1.29 is 126 Å². The van der Waals surface area contributed by atoms with Crippen molar-refractivity contribution in [1.29, 1.82) is 0 Å². The van der Waals surface area contributed by atoms with Gasteiger partial charge < -0.3 is 50.6 Å². The first kappa shape index (κ1) is 120. The first-order valence-electron chi connectivity index (χ1n) is 50.2. The van der Waals surface area contributed by atoms with Gasteiger partial charge in [-0.25, -0.2) is 0 Å². The van der Waals surface area contributed by atoms with Gasteiger partial charge in [0, 0.05) is 104 Å². The van der Waals surface area contributed by atoms with Gasteiger partial charge in [0.05, 0.1) is 35.6 Å². The molecule has 2 fully saturated rings. The fourth-order valence-corrected chi connectivity index (χ4v) is 36.2. The first-order valence-corrected chi connectivity index (χ1v) is 59.1. The Bertz CT molecular complexity index is 6990. The maximum atomic E-state index is 10.1. The summed E-state index contributed by atoms with van der Waals surface area (Å²) in [6.07, 6.45) is 25.2. The molecule has 0 saturated heterocycles. The molecule has 4 atom stereocenters. The van der Waals surface area contributed by atoms with E-state index in [2.05, 4.69) is 290 Å². The topological polar surface area (TPSA) is 223 Å². The molecule has 4 aliphatic heterocycles. The van der Waals surface area contributed by atoms with Gasteiger partial charge in [-0.15, -0.1) is 18.2 Å². The molecular formula is C128H126Ir4N4O9Se4Si-4. The van der Waals surface area contributed by atoms with Gasteiger partial charge in [-0.1, -0.05) is 201 Å².